The van der Waals surface area contributed by atoms with Crippen molar-refractivity contribution in [3.8, 4) is 0 Å². The van der Waals surface area contributed by atoms with Crippen LogP contribution in [0.5, 0.6) is 0 Å². The molecule has 94 valence electrons. The number of aromatic nitrogens is 1. The number of hydrogen-bond acceptors (Lipinski definition) is 5. The number of nitrogens with zero attached hydrogens (tertiary/aromatic N) is 1. The number of thiazole rings is 1. The summed E-state index contributed by atoms with van der Waals surface area (Å²) in [4.78, 5) is 6.22. The Kier molecular flexibility index (Phi) is 4.00. The Morgan fingerprint density at radius 3 is 2.94 bits per heavy atom. The van der Waals surface area contributed by atoms with E-state index in [0.29, 0.717) is 5.25 Å². The summed E-state index contributed by atoms with van der Waals surface area (Å²) < 4.78 is 0. The maximum Gasteiger partial charge on any atom is 0.107 e. The highest BCUT2D eigenvalue weighted by molar-refractivity contribution is 8.06. The third-order valence-electron chi connectivity index (χ3n) is 3.13. The summed E-state index contributed by atoms with van der Waals surface area (Å²) in [6.45, 7) is 3.18. The van der Waals surface area contributed by atoms with E-state index in [4.69, 9.17) is 4.98 Å². The monoisotopic (exact) mass is 286 g/mol. The first-order valence-corrected chi connectivity index (χ1v) is 9.24. The molecule has 0 aromatic carbocycles. The molecule has 5 heteroatoms. The Balaban J connectivity index is 1.65. The molecule has 2 heterocycles. The fourth-order valence-electron chi connectivity index (χ4n) is 1.91. The van der Waals surface area contributed by atoms with E-state index in [9.17, 15) is 0 Å². The molecule has 0 bridgehead atoms. The number of hydrogen-bond donors (Lipinski definition) is 1. The van der Waals surface area contributed by atoms with Crippen molar-refractivity contribution in [1.82, 2.24) is 10.3 Å². The first-order valence-electron chi connectivity index (χ1n) is 6.22. The van der Waals surface area contributed by atoms with E-state index in [-0.39, 0.29) is 0 Å². The summed E-state index contributed by atoms with van der Waals surface area (Å²) in [6.07, 6.45) is 2.72. The molecule has 0 radical (unpaired) electrons. The third kappa shape index (κ3) is 3.19. The van der Waals surface area contributed by atoms with Gasteiger partial charge in [0.1, 0.15) is 5.01 Å². The van der Waals surface area contributed by atoms with Crippen molar-refractivity contribution in [3.05, 3.63) is 15.6 Å². The SMILES string of the molecule is Cc1nc(C2CSCCS2)sc1CNC1CC1. The largest absolute Gasteiger partial charge is 0.309 e. The van der Waals surface area contributed by atoms with Crippen LogP contribution in [-0.2, 0) is 6.54 Å². The van der Waals surface area contributed by atoms with Crippen LogP contribution in [0.15, 0.2) is 0 Å². The topological polar surface area (TPSA) is 24.9 Å². The predicted octanol–water partition coefficient (Wildman–Crippen LogP) is 3.22. The summed E-state index contributed by atoms with van der Waals surface area (Å²) in [5.74, 6) is 3.83. The normalized spacial score (nSPS) is 25.1. The summed E-state index contributed by atoms with van der Waals surface area (Å²) >= 11 is 6.08. The zero-order valence-corrected chi connectivity index (χ0v) is 12.5. The van der Waals surface area contributed by atoms with Gasteiger partial charge >= 0.3 is 0 Å². The molecule has 1 aromatic heterocycles. The third-order valence-corrected chi connectivity index (χ3v) is 7.31. The van der Waals surface area contributed by atoms with Gasteiger partial charge in [0.05, 0.1) is 10.9 Å². The first kappa shape index (κ1) is 12.3. The molecule has 0 spiro atoms. The quantitative estimate of drug-likeness (QED) is 0.918. The van der Waals surface area contributed by atoms with E-state index >= 15 is 0 Å². The van der Waals surface area contributed by atoms with E-state index in [0.717, 1.165) is 12.6 Å². The number of rotatable bonds is 4. The van der Waals surface area contributed by atoms with Crippen molar-refractivity contribution in [3.63, 3.8) is 0 Å². The van der Waals surface area contributed by atoms with E-state index in [1.807, 2.05) is 11.3 Å². The second-order valence-corrected chi connectivity index (χ2v) is 8.23. The summed E-state index contributed by atoms with van der Waals surface area (Å²) in [6, 6.07) is 0.791. The van der Waals surface area contributed by atoms with Crippen molar-refractivity contribution in [2.75, 3.05) is 17.3 Å². The van der Waals surface area contributed by atoms with Crippen LogP contribution in [0, 0.1) is 6.92 Å². The molecule has 3 rings (SSSR count). The summed E-state index contributed by atoms with van der Waals surface area (Å²) in [5, 5.41) is 5.59. The minimum absolute atomic E-state index is 0.645. The van der Waals surface area contributed by atoms with Gasteiger partial charge < -0.3 is 5.32 Å². The molecule has 1 saturated heterocycles. The van der Waals surface area contributed by atoms with Gasteiger partial charge in [-0.15, -0.1) is 23.1 Å². The summed E-state index contributed by atoms with van der Waals surface area (Å²) in [7, 11) is 0. The molecule has 2 nitrogen and oxygen atoms in total. The van der Waals surface area contributed by atoms with Gasteiger partial charge in [-0.05, 0) is 19.8 Å². The molecule has 1 unspecified atom stereocenters. The van der Waals surface area contributed by atoms with E-state index < -0.39 is 0 Å². The second kappa shape index (κ2) is 5.51. The lowest BCUT2D eigenvalue weighted by Gasteiger charge is -2.18. The highest BCUT2D eigenvalue weighted by atomic mass is 32.2. The maximum atomic E-state index is 4.78. The van der Waals surface area contributed by atoms with Gasteiger partial charge in [-0.25, -0.2) is 4.98 Å². The lowest BCUT2D eigenvalue weighted by molar-refractivity contribution is 0.691. The van der Waals surface area contributed by atoms with E-state index in [1.165, 1.54) is 45.7 Å². The lowest BCUT2D eigenvalue weighted by Crippen LogP contribution is -2.14. The van der Waals surface area contributed by atoms with E-state index in [2.05, 4.69) is 35.8 Å². The number of nitrogens with one attached hydrogen (secondary N) is 1. The molecule has 1 atom stereocenters. The molecule has 1 N–H and O–H groups in total. The Labute approximate surface area is 115 Å². The fourth-order valence-corrected chi connectivity index (χ4v) is 5.91. The molecular weight excluding hydrogens is 268 g/mol. The summed E-state index contributed by atoms with van der Waals surface area (Å²) in [5.41, 5.74) is 1.24. The van der Waals surface area contributed by atoms with Crippen molar-refractivity contribution in [1.29, 1.82) is 0 Å². The molecule has 0 amide bonds. The molecule has 2 aliphatic rings. The van der Waals surface area contributed by atoms with Crippen LogP contribution in [0.1, 0.15) is 33.7 Å². The van der Waals surface area contributed by atoms with Crippen LogP contribution in [-0.4, -0.2) is 28.3 Å². The van der Waals surface area contributed by atoms with Crippen LogP contribution >= 0.6 is 34.9 Å². The van der Waals surface area contributed by atoms with Gasteiger partial charge in [-0.3, -0.25) is 0 Å². The van der Waals surface area contributed by atoms with Crippen LogP contribution in [0.2, 0.25) is 0 Å². The van der Waals surface area contributed by atoms with Gasteiger partial charge in [0.15, 0.2) is 0 Å². The van der Waals surface area contributed by atoms with Crippen molar-refractivity contribution < 1.29 is 0 Å². The molecule has 1 aliphatic heterocycles. The Morgan fingerprint density at radius 2 is 2.24 bits per heavy atom. The number of thioether (sulfide) groups is 2. The standard InChI is InChI=1S/C12H18N2S3/c1-8-10(6-13-9-2-3-9)17-12(14-8)11-7-15-4-5-16-11/h9,11,13H,2-7H2,1H3. The Hall–Kier alpha value is 0.290. The van der Waals surface area contributed by atoms with Crippen molar-refractivity contribution >= 4 is 34.9 Å². The fraction of sp³-hybridized carbons (Fsp3) is 0.750. The highest BCUT2D eigenvalue weighted by Gasteiger charge is 2.23. The predicted molar refractivity (Wildman–Crippen MR) is 79.2 cm³/mol. The van der Waals surface area contributed by atoms with Gasteiger partial charge in [-0.2, -0.15) is 11.8 Å². The molecule has 1 aromatic rings. The molecular formula is C12H18N2S3. The Bertz CT molecular complexity index is 381. The average molecular weight is 286 g/mol. The van der Waals surface area contributed by atoms with Crippen LogP contribution in [0.4, 0.5) is 0 Å². The smallest absolute Gasteiger partial charge is 0.107 e. The van der Waals surface area contributed by atoms with Crippen molar-refractivity contribution in [2.45, 2.75) is 37.6 Å². The zero-order valence-electron chi connectivity index (χ0n) is 10.1. The maximum absolute atomic E-state index is 4.78. The molecule has 1 aliphatic carbocycles. The zero-order chi connectivity index (χ0) is 11.7. The van der Waals surface area contributed by atoms with Crippen LogP contribution < -0.4 is 5.32 Å². The van der Waals surface area contributed by atoms with Gasteiger partial charge in [0.2, 0.25) is 0 Å². The van der Waals surface area contributed by atoms with Crippen molar-refractivity contribution in [2.24, 2.45) is 0 Å². The average Bonchev–Trinajstić information content (AvgIpc) is 3.12. The van der Waals surface area contributed by atoms with Crippen LogP contribution in [0.25, 0.3) is 0 Å². The second-order valence-electron chi connectivity index (χ2n) is 4.65. The van der Waals surface area contributed by atoms with Gasteiger partial charge in [0.25, 0.3) is 0 Å². The number of aryl methyl sites for hydroxylation is 1. The van der Waals surface area contributed by atoms with Gasteiger partial charge in [-0.1, -0.05) is 0 Å². The minimum atomic E-state index is 0.645. The highest BCUT2D eigenvalue weighted by Crippen LogP contribution is 2.39. The molecule has 1 saturated carbocycles. The first-order chi connectivity index (χ1) is 8.33. The van der Waals surface area contributed by atoms with E-state index in [1.54, 1.807) is 0 Å². The van der Waals surface area contributed by atoms with Crippen LogP contribution in [0.3, 0.4) is 0 Å². The molecule has 17 heavy (non-hydrogen) atoms. The van der Waals surface area contributed by atoms with Gasteiger partial charge in [0, 0.05) is 34.7 Å². The minimum Gasteiger partial charge on any atom is -0.309 e. The lowest BCUT2D eigenvalue weighted by atomic mass is 10.4. The Morgan fingerprint density at radius 1 is 1.35 bits per heavy atom. The molecule has 2 fully saturated rings.